The standard InChI is InChI=1S/C26H30N4O2/c1-19-14-23(15-20(2)24(19)32-18-21-8-6-10-27-16-21)26(31)29-17-22-9-7-11-28-25(22)30-12-4-3-5-13-30/h6-11,14-16H,3-5,12-13,17-18H2,1-2H3,(H,29,31). The van der Waals surface area contributed by atoms with E-state index in [0.29, 0.717) is 18.7 Å². The fraction of sp³-hybridized carbons (Fsp3) is 0.346. The third kappa shape index (κ3) is 5.25. The van der Waals surface area contributed by atoms with Crippen LogP contribution in [0.15, 0.2) is 55.0 Å². The number of nitrogens with zero attached hydrogens (tertiary/aromatic N) is 3. The maximum Gasteiger partial charge on any atom is 0.251 e. The fourth-order valence-corrected chi connectivity index (χ4v) is 4.18. The third-order valence-electron chi connectivity index (χ3n) is 5.79. The number of carbonyl (C=O) groups is 1. The molecule has 32 heavy (non-hydrogen) atoms. The largest absolute Gasteiger partial charge is 0.488 e. The van der Waals surface area contributed by atoms with E-state index >= 15 is 0 Å². The van der Waals surface area contributed by atoms with E-state index in [4.69, 9.17) is 4.74 Å². The van der Waals surface area contributed by atoms with Crippen LogP contribution in [0.2, 0.25) is 0 Å². The van der Waals surface area contributed by atoms with Gasteiger partial charge in [-0.2, -0.15) is 0 Å². The summed E-state index contributed by atoms with van der Waals surface area (Å²) in [6, 6.07) is 11.6. The van der Waals surface area contributed by atoms with E-state index in [-0.39, 0.29) is 5.91 Å². The quantitative estimate of drug-likeness (QED) is 0.594. The summed E-state index contributed by atoms with van der Waals surface area (Å²) in [5.74, 6) is 1.70. The van der Waals surface area contributed by atoms with Gasteiger partial charge in [-0.1, -0.05) is 12.1 Å². The number of nitrogens with one attached hydrogen (secondary N) is 1. The molecule has 0 atom stereocenters. The van der Waals surface area contributed by atoms with E-state index in [1.165, 1.54) is 19.3 Å². The van der Waals surface area contributed by atoms with Crippen molar-refractivity contribution >= 4 is 11.7 Å². The molecule has 6 heteroatoms. The molecule has 2 aromatic heterocycles. The van der Waals surface area contributed by atoms with Gasteiger partial charge in [0.15, 0.2) is 0 Å². The van der Waals surface area contributed by atoms with Gasteiger partial charge in [0.2, 0.25) is 0 Å². The van der Waals surface area contributed by atoms with Crippen molar-refractivity contribution in [2.24, 2.45) is 0 Å². The summed E-state index contributed by atoms with van der Waals surface area (Å²) in [4.78, 5) is 23.9. The van der Waals surface area contributed by atoms with E-state index in [2.05, 4.69) is 20.2 Å². The Morgan fingerprint density at radius 2 is 1.81 bits per heavy atom. The minimum Gasteiger partial charge on any atom is -0.488 e. The first-order chi connectivity index (χ1) is 15.6. The third-order valence-corrected chi connectivity index (χ3v) is 5.79. The smallest absolute Gasteiger partial charge is 0.251 e. The minimum atomic E-state index is -0.0940. The Balaban J connectivity index is 1.42. The lowest BCUT2D eigenvalue weighted by Crippen LogP contribution is -2.32. The first kappa shape index (κ1) is 21.8. The van der Waals surface area contributed by atoms with Gasteiger partial charge in [0.05, 0.1) is 0 Å². The summed E-state index contributed by atoms with van der Waals surface area (Å²) in [7, 11) is 0. The van der Waals surface area contributed by atoms with Crippen molar-refractivity contribution in [2.75, 3.05) is 18.0 Å². The molecule has 0 spiro atoms. The number of carbonyl (C=O) groups excluding carboxylic acids is 1. The van der Waals surface area contributed by atoms with Crippen molar-refractivity contribution < 1.29 is 9.53 Å². The second-order valence-electron chi connectivity index (χ2n) is 8.31. The highest BCUT2D eigenvalue weighted by molar-refractivity contribution is 5.95. The zero-order chi connectivity index (χ0) is 22.3. The number of hydrogen-bond acceptors (Lipinski definition) is 5. The van der Waals surface area contributed by atoms with Crippen LogP contribution < -0.4 is 15.0 Å². The van der Waals surface area contributed by atoms with Gasteiger partial charge in [0, 0.05) is 54.9 Å². The summed E-state index contributed by atoms with van der Waals surface area (Å²) in [6.45, 7) is 6.89. The number of ether oxygens (including phenoxy) is 1. The molecule has 6 nitrogen and oxygen atoms in total. The van der Waals surface area contributed by atoms with Crippen molar-refractivity contribution in [1.82, 2.24) is 15.3 Å². The Labute approximate surface area is 189 Å². The Kier molecular flexibility index (Phi) is 7.00. The van der Waals surface area contributed by atoms with Gasteiger partial charge in [-0.05, 0) is 68.5 Å². The van der Waals surface area contributed by atoms with Gasteiger partial charge in [-0.25, -0.2) is 4.98 Å². The molecular weight excluding hydrogens is 400 g/mol. The fourth-order valence-electron chi connectivity index (χ4n) is 4.18. The van der Waals surface area contributed by atoms with Crippen molar-refractivity contribution in [3.05, 3.63) is 82.8 Å². The van der Waals surface area contributed by atoms with Gasteiger partial charge in [-0.3, -0.25) is 9.78 Å². The first-order valence-electron chi connectivity index (χ1n) is 11.2. The normalized spacial score (nSPS) is 13.6. The lowest BCUT2D eigenvalue weighted by atomic mass is 10.0. The van der Waals surface area contributed by atoms with E-state index in [9.17, 15) is 4.79 Å². The molecule has 1 aliphatic heterocycles. The van der Waals surface area contributed by atoms with E-state index in [1.54, 1.807) is 12.4 Å². The van der Waals surface area contributed by atoms with Crippen LogP contribution in [-0.2, 0) is 13.2 Å². The van der Waals surface area contributed by atoms with Crippen LogP contribution in [-0.4, -0.2) is 29.0 Å². The molecule has 0 radical (unpaired) electrons. The monoisotopic (exact) mass is 430 g/mol. The van der Waals surface area contributed by atoms with E-state index in [1.807, 2.05) is 56.4 Å². The lowest BCUT2D eigenvalue weighted by molar-refractivity contribution is 0.0950. The number of aryl methyl sites for hydroxylation is 2. The van der Waals surface area contributed by atoms with Crippen LogP contribution in [0, 0.1) is 13.8 Å². The molecular formula is C26H30N4O2. The summed E-state index contributed by atoms with van der Waals surface area (Å²) < 4.78 is 6.02. The number of benzene rings is 1. The maximum atomic E-state index is 12.9. The Bertz CT molecular complexity index is 1040. The molecule has 0 aliphatic carbocycles. The van der Waals surface area contributed by atoms with Gasteiger partial charge in [-0.15, -0.1) is 0 Å². The summed E-state index contributed by atoms with van der Waals surface area (Å²) in [6.07, 6.45) is 9.02. The molecule has 0 unspecified atom stereocenters. The van der Waals surface area contributed by atoms with E-state index < -0.39 is 0 Å². The topological polar surface area (TPSA) is 67.4 Å². The molecule has 3 aromatic rings. The number of hydrogen-bond donors (Lipinski definition) is 1. The van der Waals surface area contributed by atoms with Crippen LogP contribution in [0.3, 0.4) is 0 Å². The predicted molar refractivity (Wildman–Crippen MR) is 126 cm³/mol. The van der Waals surface area contributed by atoms with Crippen molar-refractivity contribution in [3.63, 3.8) is 0 Å². The number of piperidine rings is 1. The van der Waals surface area contributed by atoms with Gasteiger partial charge < -0.3 is 15.0 Å². The van der Waals surface area contributed by atoms with Gasteiger partial charge in [0.1, 0.15) is 18.2 Å². The van der Waals surface area contributed by atoms with Crippen LogP contribution in [0.1, 0.15) is 51.9 Å². The molecule has 0 bridgehead atoms. The summed E-state index contributed by atoms with van der Waals surface area (Å²) >= 11 is 0. The molecule has 1 amide bonds. The summed E-state index contributed by atoms with van der Waals surface area (Å²) in [5.41, 5.74) is 4.57. The minimum absolute atomic E-state index is 0.0940. The second kappa shape index (κ2) is 10.3. The highest BCUT2D eigenvalue weighted by atomic mass is 16.5. The predicted octanol–water partition coefficient (Wildman–Crippen LogP) is 4.59. The zero-order valence-electron chi connectivity index (χ0n) is 18.8. The highest BCUT2D eigenvalue weighted by Crippen LogP contribution is 2.26. The highest BCUT2D eigenvalue weighted by Gasteiger charge is 2.17. The van der Waals surface area contributed by atoms with E-state index in [0.717, 1.165) is 46.9 Å². The molecule has 1 saturated heterocycles. The number of pyridine rings is 2. The Morgan fingerprint density at radius 3 is 2.53 bits per heavy atom. The molecule has 1 N–H and O–H groups in total. The SMILES string of the molecule is Cc1cc(C(=O)NCc2cccnc2N2CCCCC2)cc(C)c1OCc1cccnc1. The zero-order valence-corrected chi connectivity index (χ0v) is 18.8. The van der Waals surface area contributed by atoms with Crippen LogP contribution in [0.4, 0.5) is 5.82 Å². The van der Waals surface area contributed by atoms with Gasteiger partial charge >= 0.3 is 0 Å². The van der Waals surface area contributed by atoms with Crippen molar-refractivity contribution in [3.8, 4) is 5.75 Å². The number of rotatable bonds is 7. The Morgan fingerprint density at radius 1 is 1.06 bits per heavy atom. The number of amides is 1. The van der Waals surface area contributed by atoms with Gasteiger partial charge in [0.25, 0.3) is 5.91 Å². The van der Waals surface area contributed by atoms with Crippen LogP contribution in [0.5, 0.6) is 5.75 Å². The molecule has 166 valence electrons. The average molecular weight is 431 g/mol. The van der Waals surface area contributed by atoms with Crippen molar-refractivity contribution in [2.45, 2.75) is 46.3 Å². The maximum absolute atomic E-state index is 12.9. The molecule has 3 heterocycles. The lowest BCUT2D eigenvalue weighted by Gasteiger charge is -2.29. The van der Waals surface area contributed by atoms with Crippen LogP contribution in [0.25, 0.3) is 0 Å². The molecule has 1 aromatic carbocycles. The second-order valence-corrected chi connectivity index (χ2v) is 8.31. The van der Waals surface area contributed by atoms with Crippen LogP contribution >= 0.6 is 0 Å². The molecule has 1 fully saturated rings. The first-order valence-corrected chi connectivity index (χ1v) is 11.2. The number of aromatic nitrogens is 2. The molecule has 4 rings (SSSR count). The average Bonchev–Trinajstić information content (AvgIpc) is 2.83. The number of anilines is 1. The Hall–Kier alpha value is -3.41. The van der Waals surface area contributed by atoms with Crippen molar-refractivity contribution in [1.29, 1.82) is 0 Å². The summed E-state index contributed by atoms with van der Waals surface area (Å²) in [5, 5.41) is 3.07. The molecule has 1 aliphatic rings. The molecule has 0 saturated carbocycles.